The maximum Gasteiger partial charge on any atom is 0.207 e. The summed E-state index contributed by atoms with van der Waals surface area (Å²) in [6, 6.07) is 16.4. The normalized spacial score (nSPS) is 14.1. The van der Waals surface area contributed by atoms with Crippen LogP contribution < -0.4 is 9.47 Å². The first kappa shape index (κ1) is 25.2. The molecule has 37 heavy (non-hydrogen) atoms. The van der Waals surface area contributed by atoms with Gasteiger partial charge in [0, 0.05) is 41.2 Å². The Morgan fingerprint density at radius 3 is 2.38 bits per heavy atom. The maximum absolute atomic E-state index is 13.8. The molecular weight excluding hydrogens is 489 g/mol. The lowest BCUT2D eigenvalue weighted by Gasteiger charge is -2.37. The Balaban J connectivity index is 1.37. The fraction of sp³-hybridized carbons (Fsp3) is 0.300. The molecule has 1 aliphatic heterocycles. The number of thiophene rings is 1. The van der Waals surface area contributed by atoms with E-state index in [4.69, 9.17) is 9.47 Å². The molecule has 1 aromatic heterocycles. The van der Waals surface area contributed by atoms with Crippen molar-refractivity contribution in [2.45, 2.75) is 20.8 Å². The molecule has 0 unspecified atom stereocenters. The Morgan fingerprint density at radius 2 is 1.70 bits per heavy atom. The van der Waals surface area contributed by atoms with Crippen LogP contribution in [0.15, 0.2) is 54.6 Å². The Labute approximate surface area is 220 Å². The average molecular weight is 520 g/mol. The molecule has 0 atom stereocenters. The summed E-state index contributed by atoms with van der Waals surface area (Å²) in [5.41, 5.74) is 3.64. The van der Waals surface area contributed by atoms with E-state index < -0.39 is 0 Å². The van der Waals surface area contributed by atoms with Crippen molar-refractivity contribution in [3.8, 4) is 23.0 Å². The molecular formula is C30H30FNO4S. The van der Waals surface area contributed by atoms with Crippen LogP contribution in [0.3, 0.4) is 0 Å². The minimum atomic E-state index is -0.253. The van der Waals surface area contributed by atoms with E-state index in [1.807, 2.05) is 57.2 Å². The highest BCUT2D eigenvalue weighted by Crippen LogP contribution is 2.43. The summed E-state index contributed by atoms with van der Waals surface area (Å²) in [4.78, 5) is 16.5. The summed E-state index contributed by atoms with van der Waals surface area (Å²) in [5, 5.41) is 10.8. The second-order valence-electron chi connectivity index (χ2n) is 9.75. The molecule has 1 saturated heterocycles. The number of carbonyl (C=O) groups excluding carboxylic acids is 1. The van der Waals surface area contributed by atoms with E-state index >= 15 is 0 Å². The Morgan fingerprint density at radius 1 is 1.03 bits per heavy atom. The standard InChI is InChI=1S/C30H30FNO4S/c1-18-12-19(2)27(20(3)13-18)28(34)30-29(25-9-4-22(33)14-26(25)37-30)36-24-7-5-23(6-8-24)35-11-10-32-16-21(15-31)17-32/h4-9,12-14,21,33H,10-11,15-17H2,1-3H3. The topological polar surface area (TPSA) is 59.0 Å². The summed E-state index contributed by atoms with van der Waals surface area (Å²) in [7, 11) is 0. The Kier molecular flexibility index (Phi) is 7.17. The number of hydrogen-bond acceptors (Lipinski definition) is 6. The number of fused-ring (bicyclic) bond motifs is 1. The molecule has 4 aromatic rings. The molecule has 0 amide bonds. The van der Waals surface area contributed by atoms with Gasteiger partial charge in [0.2, 0.25) is 5.78 Å². The van der Waals surface area contributed by atoms with E-state index in [2.05, 4.69) is 4.90 Å². The number of ketones is 1. The number of aryl methyl sites for hydroxylation is 3. The predicted octanol–water partition coefficient (Wildman–Crippen LogP) is 6.84. The lowest BCUT2D eigenvalue weighted by Crippen LogP contribution is -2.49. The van der Waals surface area contributed by atoms with Crippen LogP contribution in [0.25, 0.3) is 10.1 Å². The van der Waals surface area contributed by atoms with Crippen LogP contribution in [0.4, 0.5) is 4.39 Å². The molecule has 3 aromatic carbocycles. The molecule has 0 bridgehead atoms. The molecule has 5 nitrogen and oxygen atoms in total. The molecule has 0 radical (unpaired) electrons. The second-order valence-corrected chi connectivity index (χ2v) is 10.8. The highest BCUT2D eigenvalue weighted by atomic mass is 32.1. The van der Waals surface area contributed by atoms with E-state index in [-0.39, 0.29) is 24.1 Å². The van der Waals surface area contributed by atoms with Crippen LogP contribution in [-0.2, 0) is 0 Å². The number of aromatic hydroxyl groups is 1. The van der Waals surface area contributed by atoms with Crippen molar-refractivity contribution >= 4 is 27.2 Å². The largest absolute Gasteiger partial charge is 0.508 e. The van der Waals surface area contributed by atoms with Crippen LogP contribution in [0.1, 0.15) is 31.9 Å². The van der Waals surface area contributed by atoms with Crippen molar-refractivity contribution in [2.24, 2.45) is 5.92 Å². The van der Waals surface area contributed by atoms with E-state index in [0.29, 0.717) is 28.5 Å². The average Bonchev–Trinajstić information content (AvgIpc) is 3.18. The molecule has 0 spiro atoms. The molecule has 7 heteroatoms. The van der Waals surface area contributed by atoms with Gasteiger partial charge in [-0.25, -0.2) is 0 Å². The van der Waals surface area contributed by atoms with Crippen LogP contribution in [0.2, 0.25) is 0 Å². The first-order chi connectivity index (χ1) is 17.8. The van der Waals surface area contributed by atoms with Crippen molar-refractivity contribution in [3.63, 3.8) is 0 Å². The van der Waals surface area contributed by atoms with Crippen LogP contribution in [0, 0.1) is 26.7 Å². The number of nitrogens with zero attached hydrogens (tertiary/aromatic N) is 1. The summed E-state index contributed by atoms with van der Waals surface area (Å²) in [5.74, 6) is 2.01. The van der Waals surface area contributed by atoms with Gasteiger partial charge in [-0.2, -0.15) is 0 Å². The summed E-state index contributed by atoms with van der Waals surface area (Å²) in [6.45, 7) is 8.56. The fourth-order valence-corrected chi connectivity index (χ4v) is 6.04. The highest BCUT2D eigenvalue weighted by molar-refractivity contribution is 7.21. The van der Waals surface area contributed by atoms with Gasteiger partial charge in [0.25, 0.3) is 0 Å². The number of hydrogen-bond donors (Lipinski definition) is 1. The van der Waals surface area contributed by atoms with Crippen molar-refractivity contribution in [2.75, 3.05) is 32.9 Å². The molecule has 1 fully saturated rings. The Hall–Kier alpha value is -3.42. The third kappa shape index (κ3) is 5.33. The first-order valence-corrected chi connectivity index (χ1v) is 13.2. The smallest absolute Gasteiger partial charge is 0.207 e. The van der Waals surface area contributed by atoms with Gasteiger partial charge >= 0.3 is 0 Å². The van der Waals surface area contributed by atoms with Crippen LogP contribution >= 0.6 is 11.3 Å². The van der Waals surface area contributed by atoms with Gasteiger partial charge in [0.05, 0.1) is 6.67 Å². The van der Waals surface area contributed by atoms with Crippen molar-refractivity contribution < 1.29 is 23.8 Å². The number of ether oxygens (including phenoxy) is 2. The minimum absolute atomic E-state index is 0.0911. The van der Waals surface area contributed by atoms with Gasteiger partial charge in [0.15, 0.2) is 5.75 Å². The summed E-state index contributed by atoms with van der Waals surface area (Å²) < 4.78 is 25.5. The molecule has 1 aliphatic rings. The van der Waals surface area contributed by atoms with Crippen LogP contribution in [0.5, 0.6) is 23.0 Å². The lowest BCUT2D eigenvalue weighted by atomic mass is 9.95. The van der Waals surface area contributed by atoms with E-state index in [1.54, 1.807) is 18.2 Å². The summed E-state index contributed by atoms with van der Waals surface area (Å²) >= 11 is 1.32. The predicted molar refractivity (Wildman–Crippen MR) is 145 cm³/mol. The van der Waals surface area contributed by atoms with Gasteiger partial charge < -0.3 is 14.6 Å². The number of carbonyl (C=O) groups is 1. The number of rotatable bonds is 9. The van der Waals surface area contributed by atoms with Crippen molar-refractivity contribution in [1.82, 2.24) is 4.90 Å². The Bertz CT molecular complexity index is 1420. The third-order valence-corrected chi connectivity index (χ3v) is 7.84. The number of phenols is 1. The van der Waals surface area contributed by atoms with Gasteiger partial charge in [-0.1, -0.05) is 17.7 Å². The minimum Gasteiger partial charge on any atom is -0.508 e. The van der Waals surface area contributed by atoms with E-state index in [9.17, 15) is 14.3 Å². The maximum atomic E-state index is 13.8. The zero-order valence-corrected chi connectivity index (χ0v) is 22.0. The molecule has 1 N–H and O–H groups in total. The third-order valence-electron chi connectivity index (χ3n) is 6.71. The van der Waals surface area contributed by atoms with Gasteiger partial charge in [-0.05, 0) is 74.4 Å². The zero-order valence-electron chi connectivity index (χ0n) is 21.2. The number of halogens is 1. The van der Waals surface area contributed by atoms with Gasteiger partial charge in [0.1, 0.15) is 28.7 Å². The van der Waals surface area contributed by atoms with Gasteiger partial charge in [-0.15, -0.1) is 11.3 Å². The van der Waals surface area contributed by atoms with E-state index in [0.717, 1.165) is 52.2 Å². The SMILES string of the molecule is Cc1cc(C)c(C(=O)c2sc3cc(O)ccc3c2Oc2ccc(OCCN3CC(CF)C3)cc2)c(C)c1. The number of phenolic OH excluding ortho intramolecular Hbond substituents is 1. The zero-order chi connectivity index (χ0) is 26.1. The van der Waals surface area contributed by atoms with Gasteiger partial charge in [-0.3, -0.25) is 14.1 Å². The fourth-order valence-electron chi connectivity index (χ4n) is 4.94. The number of likely N-dealkylation sites (tertiary alicyclic amines) is 1. The molecule has 0 aliphatic carbocycles. The quantitative estimate of drug-likeness (QED) is 0.246. The van der Waals surface area contributed by atoms with E-state index in [1.165, 1.54) is 11.3 Å². The highest BCUT2D eigenvalue weighted by Gasteiger charge is 2.26. The lowest BCUT2D eigenvalue weighted by molar-refractivity contribution is 0.0668. The van der Waals surface area contributed by atoms with Crippen molar-refractivity contribution in [3.05, 3.63) is 81.7 Å². The molecule has 0 saturated carbocycles. The number of benzene rings is 3. The monoisotopic (exact) mass is 519 g/mol. The van der Waals surface area contributed by atoms with Crippen LogP contribution in [-0.4, -0.2) is 48.7 Å². The van der Waals surface area contributed by atoms with Crippen molar-refractivity contribution in [1.29, 1.82) is 0 Å². The molecule has 5 rings (SSSR count). The first-order valence-electron chi connectivity index (χ1n) is 12.4. The molecule has 2 heterocycles. The summed E-state index contributed by atoms with van der Waals surface area (Å²) in [6.07, 6.45) is 0. The number of alkyl halides is 1. The second kappa shape index (κ2) is 10.5. The molecule has 192 valence electrons.